The molecule has 100 valence electrons. The Balaban J connectivity index is 2.43. The molecule has 2 aromatic carbocycles. The van der Waals surface area contributed by atoms with Gasteiger partial charge in [0.2, 0.25) is 0 Å². The predicted molar refractivity (Wildman–Crippen MR) is 83.0 cm³/mol. The molecule has 0 saturated heterocycles. The average Bonchev–Trinajstić information content (AvgIpc) is 2.42. The van der Waals surface area contributed by atoms with E-state index in [0.29, 0.717) is 0 Å². The molecule has 0 aromatic heterocycles. The van der Waals surface area contributed by atoms with Crippen LogP contribution in [0.4, 0.5) is 4.39 Å². The number of halogens is 2. The molecule has 0 bridgehead atoms. The van der Waals surface area contributed by atoms with Crippen LogP contribution in [0.2, 0.25) is 0 Å². The minimum atomic E-state index is -0.214. The fourth-order valence-corrected chi connectivity index (χ4v) is 2.85. The zero-order valence-corrected chi connectivity index (χ0v) is 12.9. The van der Waals surface area contributed by atoms with Crippen molar-refractivity contribution in [1.82, 2.24) is 5.32 Å². The van der Waals surface area contributed by atoms with Crippen molar-refractivity contribution in [2.45, 2.75) is 6.04 Å². The quantitative estimate of drug-likeness (QED) is 0.827. The second kappa shape index (κ2) is 6.34. The molecule has 0 spiro atoms. The molecule has 0 aliphatic rings. The number of methoxy groups -OCH3 is 1. The zero-order valence-electron chi connectivity index (χ0n) is 10.8. The summed E-state index contributed by atoms with van der Waals surface area (Å²) in [7, 11) is 3.54. The zero-order chi connectivity index (χ0) is 13.8. The molecular formula is C15H15FINO. The molecule has 0 radical (unpaired) electrons. The molecule has 0 fully saturated rings. The monoisotopic (exact) mass is 371 g/mol. The molecule has 1 unspecified atom stereocenters. The van der Waals surface area contributed by atoms with E-state index in [1.807, 2.05) is 37.4 Å². The number of rotatable bonds is 4. The van der Waals surface area contributed by atoms with Gasteiger partial charge in [-0.25, -0.2) is 4.39 Å². The average molecular weight is 371 g/mol. The van der Waals surface area contributed by atoms with Gasteiger partial charge >= 0.3 is 0 Å². The van der Waals surface area contributed by atoms with E-state index in [0.717, 1.165) is 20.4 Å². The molecule has 0 aliphatic carbocycles. The summed E-state index contributed by atoms with van der Waals surface area (Å²) < 4.78 is 19.3. The third kappa shape index (κ3) is 3.25. The van der Waals surface area contributed by atoms with E-state index < -0.39 is 0 Å². The Kier molecular flexibility index (Phi) is 4.76. The molecule has 0 aliphatic heterocycles. The van der Waals surface area contributed by atoms with Crippen molar-refractivity contribution in [2.24, 2.45) is 0 Å². The van der Waals surface area contributed by atoms with E-state index in [1.54, 1.807) is 13.2 Å². The molecular weight excluding hydrogens is 356 g/mol. The molecule has 2 rings (SSSR count). The standard InChI is InChI=1S/C15H15FINO/c1-18-15(10-4-3-5-12(8-10)19-2)13-7-6-11(16)9-14(13)17/h3-9,15,18H,1-2H3. The smallest absolute Gasteiger partial charge is 0.124 e. The van der Waals surface area contributed by atoms with Crippen molar-refractivity contribution in [1.29, 1.82) is 0 Å². The lowest BCUT2D eigenvalue weighted by molar-refractivity contribution is 0.413. The molecule has 2 aromatic rings. The maximum Gasteiger partial charge on any atom is 0.124 e. The third-order valence-electron chi connectivity index (χ3n) is 2.99. The van der Waals surface area contributed by atoms with Gasteiger partial charge in [-0.05, 0) is 65.0 Å². The van der Waals surface area contributed by atoms with E-state index >= 15 is 0 Å². The Hall–Kier alpha value is -1.14. The van der Waals surface area contributed by atoms with Crippen LogP contribution in [0.15, 0.2) is 42.5 Å². The Bertz CT molecular complexity index is 574. The summed E-state index contributed by atoms with van der Waals surface area (Å²) in [5, 5.41) is 3.26. The molecule has 0 heterocycles. The van der Waals surface area contributed by atoms with Gasteiger partial charge in [0.1, 0.15) is 11.6 Å². The lowest BCUT2D eigenvalue weighted by Gasteiger charge is -2.19. The summed E-state index contributed by atoms with van der Waals surface area (Å²) in [5.74, 6) is 0.600. The highest BCUT2D eigenvalue weighted by atomic mass is 127. The van der Waals surface area contributed by atoms with Gasteiger partial charge in [-0.3, -0.25) is 0 Å². The van der Waals surface area contributed by atoms with Crippen molar-refractivity contribution in [3.8, 4) is 5.75 Å². The highest BCUT2D eigenvalue weighted by Crippen LogP contribution is 2.28. The SMILES string of the molecule is CNC(c1cccc(OC)c1)c1ccc(F)cc1I. The summed E-state index contributed by atoms with van der Waals surface area (Å²) in [4.78, 5) is 0. The maximum atomic E-state index is 13.2. The Morgan fingerprint density at radius 2 is 2.00 bits per heavy atom. The number of benzene rings is 2. The normalized spacial score (nSPS) is 12.2. The van der Waals surface area contributed by atoms with Crippen molar-refractivity contribution in [2.75, 3.05) is 14.2 Å². The van der Waals surface area contributed by atoms with Gasteiger partial charge in [-0.2, -0.15) is 0 Å². The first kappa shape index (κ1) is 14.3. The highest BCUT2D eigenvalue weighted by molar-refractivity contribution is 14.1. The number of hydrogen-bond acceptors (Lipinski definition) is 2. The van der Waals surface area contributed by atoms with Crippen LogP contribution in [-0.2, 0) is 0 Å². The van der Waals surface area contributed by atoms with E-state index in [9.17, 15) is 4.39 Å². The van der Waals surface area contributed by atoms with E-state index in [4.69, 9.17) is 4.74 Å². The number of nitrogens with one attached hydrogen (secondary N) is 1. The summed E-state index contributed by atoms with van der Waals surface area (Å²) in [6.45, 7) is 0. The van der Waals surface area contributed by atoms with Crippen molar-refractivity contribution in [3.63, 3.8) is 0 Å². The largest absolute Gasteiger partial charge is 0.497 e. The van der Waals surface area contributed by atoms with Crippen LogP contribution in [0.5, 0.6) is 5.75 Å². The van der Waals surface area contributed by atoms with Crippen LogP contribution in [0.1, 0.15) is 17.2 Å². The minimum Gasteiger partial charge on any atom is -0.497 e. The summed E-state index contributed by atoms with van der Waals surface area (Å²) in [6, 6.07) is 12.7. The second-order valence-corrected chi connectivity index (χ2v) is 5.33. The molecule has 19 heavy (non-hydrogen) atoms. The molecule has 2 nitrogen and oxygen atoms in total. The molecule has 1 N–H and O–H groups in total. The first-order valence-electron chi connectivity index (χ1n) is 5.92. The Labute approximate surface area is 126 Å². The van der Waals surface area contributed by atoms with E-state index in [-0.39, 0.29) is 11.9 Å². The lowest BCUT2D eigenvalue weighted by atomic mass is 9.98. The molecule has 1 atom stereocenters. The predicted octanol–water partition coefficient (Wildman–Crippen LogP) is 3.75. The van der Waals surface area contributed by atoms with Gasteiger partial charge in [-0.15, -0.1) is 0 Å². The number of ether oxygens (including phenoxy) is 1. The Morgan fingerprint density at radius 1 is 1.21 bits per heavy atom. The minimum absolute atomic E-state index is 0.0163. The number of hydrogen-bond donors (Lipinski definition) is 1. The van der Waals surface area contributed by atoms with Crippen LogP contribution in [0.3, 0.4) is 0 Å². The summed E-state index contributed by atoms with van der Waals surface area (Å²) in [6.07, 6.45) is 0. The fraction of sp³-hybridized carbons (Fsp3) is 0.200. The van der Waals surface area contributed by atoms with Crippen molar-refractivity contribution < 1.29 is 9.13 Å². The summed E-state index contributed by atoms with van der Waals surface area (Å²) >= 11 is 2.16. The topological polar surface area (TPSA) is 21.3 Å². The van der Waals surface area contributed by atoms with E-state index in [1.165, 1.54) is 6.07 Å². The van der Waals surface area contributed by atoms with Gasteiger partial charge in [0, 0.05) is 3.57 Å². The highest BCUT2D eigenvalue weighted by Gasteiger charge is 2.15. The third-order valence-corrected chi connectivity index (χ3v) is 3.92. The maximum absolute atomic E-state index is 13.2. The molecule has 0 saturated carbocycles. The second-order valence-electron chi connectivity index (χ2n) is 4.16. The van der Waals surface area contributed by atoms with Gasteiger partial charge < -0.3 is 10.1 Å². The van der Waals surface area contributed by atoms with Crippen LogP contribution < -0.4 is 10.1 Å². The van der Waals surface area contributed by atoms with Gasteiger partial charge in [-0.1, -0.05) is 18.2 Å². The van der Waals surface area contributed by atoms with Crippen LogP contribution >= 0.6 is 22.6 Å². The Morgan fingerprint density at radius 3 is 2.63 bits per heavy atom. The first-order chi connectivity index (χ1) is 9.15. The van der Waals surface area contributed by atoms with Crippen LogP contribution in [0.25, 0.3) is 0 Å². The fourth-order valence-electron chi connectivity index (χ4n) is 2.06. The van der Waals surface area contributed by atoms with Gasteiger partial charge in [0.25, 0.3) is 0 Å². The van der Waals surface area contributed by atoms with Crippen LogP contribution in [-0.4, -0.2) is 14.2 Å². The first-order valence-corrected chi connectivity index (χ1v) is 6.99. The molecule has 4 heteroatoms. The molecule has 0 amide bonds. The van der Waals surface area contributed by atoms with Crippen LogP contribution in [0, 0.1) is 9.39 Å². The van der Waals surface area contributed by atoms with Gasteiger partial charge in [0.05, 0.1) is 13.2 Å². The van der Waals surface area contributed by atoms with Gasteiger partial charge in [0.15, 0.2) is 0 Å². The van der Waals surface area contributed by atoms with E-state index in [2.05, 4.69) is 27.9 Å². The van der Waals surface area contributed by atoms with Crippen molar-refractivity contribution in [3.05, 3.63) is 63.0 Å². The lowest BCUT2D eigenvalue weighted by Crippen LogP contribution is -2.18. The summed E-state index contributed by atoms with van der Waals surface area (Å²) in [5.41, 5.74) is 2.14. The van der Waals surface area contributed by atoms with Crippen molar-refractivity contribution >= 4 is 22.6 Å².